The highest BCUT2D eigenvalue weighted by Crippen LogP contribution is 2.18. The van der Waals surface area contributed by atoms with E-state index < -0.39 is 0 Å². The fraction of sp³-hybridized carbons (Fsp3) is 0.500. The van der Waals surface area contributed by atoms with Crippen molar-refractivity contribution in [2.75, 3.05) is 20.1 Å². The Morgan fingerprint density at radius 3 is 3.00 bits per heavy atom. The molecule has 0 atom stereocenters. The summed E-state index contributed by atoms with van der Waals surface area (Å²) >= 11 is 0. The summed E-state index contributed by atoms with van der Waals surface area (Å²) in [7, 11) is 1.87. The number of carbonyl (C=O) groups excluding carboxylic acids is 1. The summed E-state index contributed by atoms with van der Waals surface area (Å²) < 4.78 is 2.95. The van der Waals surface area contributed by atoms with Gasteiger partial charge in [-0.2, -0.15) is 0 Å². The number of fused-ring (bicyclic) bond motifs is 1. The molecule has 1 saturated carbocycles. The summed E-state index contributed by atoms with van der Waals surface area (Å²) in [5.41, 5.74) is 0.484. The topological polar surface area (TPSA) is 71.6 Å². The number of pyridine rings is 1. The molecule has 7 nitrogen and oxygen atoms in total. The van der Waals surface area contributed by atoms with Crippen molar-refractivity contribution in [2.24, 2.45) is 0 Å². The molecule has 0 aliphatic heterocycles. The van der Waals surface area contributed by atoms with E-state index in [9.17, 15) is 9.59 Å². The average Bonchev–Trinajstić information content (AvgIpc) is 3.20. The minimum Gasteiger partial charge on any atom is -0.352 e. The minimum atomic E-state index is -0.151. The molecule has 2 aromatic heterocycles. The molecule has 1 aliphatic rings. The lowest BCUT2D eigenvalue weighted by Gasteiger charge is -2.15. The number of carbonyl (C=O) groups is 1. The van der Waals surface area contributed by atoms with E-state index in [1.165, 1.54) is 9.08 Å². The molecule has 112 valence electrons. The van der Waals surface area contributed by atoms with Crippen LogP contribution in [0.1, 0.15) is 12.8 Å². The minimum absolute atomic E-state index is 0.0438. The number of nitrogens with zero attached hydrogens (tertiary/aromatic N) is 4. The van der Waals surface area contributed by atoms with E-state index in [1.807, 2.05) is 18.0 Å². The quantitative estimate of drug-likeness (QED) is 0.793. The van der Waals surface area contributed by atoms with Gasteiger partial charge in [-0.25, -0.2) is 9.48 Å². The Bertz CT molecular complexity index is 701. The zero-order chi connectivity index (χ0) is 14.8. The fourth-order valence-electron chi connectivity index (χ4n) is 2.20. The summed E-state index contributed by atoms with van der Waals surface area (Å²) in [5, 5.41) is 7.21. The monoisotopic (exact) mass is 289 g/mol. The second-order valence-corrected chi connectivity index (χ2v) is 5.51. The van der Waals surface area contributed by atoms with Gasteiger partial charge in [-0.05, 0) is 32.0 Å². The molecular weight excluding hydrogens is 270 g/mol. The Labute approximate surface area is 122 Å². The summed E-state index contributed by atoms with van der Waals surface area (Å²) in [6, 6.07) is 5.83. The van der Waals surface area contributed by atoms with Crippen LogP contribution in [0.25, 0.3) is 5.65 Å². The van der Waals surface area contributed by atoms with Crippen LogP contribution < -0.4 is 11.0 Å². The van der Waals surface area contributed by atoms with Crippen molar-refractivity contribution in [1.82, 2.24) is 24.4 Å². The molecule has 1 fully saturated rings. The van der Waals surface area contributed by atoms with Crippen molar-refractivity contribution < 1.29 is 4.79 Å². The molecule has 1 aliphatic carbocycles. The predicted octanol–water partition coefficient (Wildman–Crippen LogP) is -0.294. The maximum atomic E-state index is 12.1. The van der Waals surface area contributed by atoms with Crippen LogP contribution in [0.3, 0.4) is 0 Å². The Hall–Kier alpha value is -2.15. The molecule has 2 heterocycles. The number of hydrogen-bond donors (Lipinski definition) is 1. The molecule has 21 heavy (non-hydrogen) atoms. The van der Waals surface area contributed by atoms with Gasteiger partial charge in [0.05, 0.1) is 13.1 Å². The van der Waals surface area contributed by atoms with Gasteiger partial charge in [0.1, 0.15) is 0 Å². The molecule has 1 amide bonds. The largest absolute Gasteiger partial charge is 0.352 e. The highest BCUT2D eigenvalue weighted by Gasteiger charge is 2.23. The number of nitrogens with one attached hydrogen (secondary N) is 1. The predicted molar refractivity (Wildman–Crippen MR) is 78.1 cm³/mol. The van der Waals surface area contributed by atoms with Crippen molar-refractivity contribution >= 4 is 11.6 Å². The smallest absolute Gasteiger partial charge is 0.350 e. The summed E-state index contributed by atoms with van der Waals surface area (Å²) in [6.45, 7) is 1.41. The van der Waals surface area contributed by atoms with Crippen LogP contribution >= 0.6 is 0 Å². The molecule has 0 unspecified atom stereocenters. The third-order valence-electron chi connectivity index (χ3n) is 3.54. The third-order valence-corrected chi connectivity index (χ3v) is 3.54. The van der Waals surface area contributed by atoms with Crippen molar-refractivity contribution in [3.63, 3.8) is 0 Å². The SMILES string of the molecule is CN(CCn1nc2ccccn2c1=O)CC(=O)NC1CC1. The van der Waals surface area contributed by atoms with E-state index in [-0.39, 0.29) is 11.6 Å². The van der Waals surface area contributed by atoms with Crippen LogP contribution in [0.2, 0.25) is 0 Å². The molecule has 2 aromatic rings. The van der Waals surface area contributed by atoms with Crippen LogP contribution in [0, 0.1) is 0 Å². The van der Waals surface area contributed by atoms with Crippen LogP contribution in [-0.2, 0) is 11.3 Å². The lowest BCUT2D eigenvalue weighted by Crippen LogP contribution is -2.38. The first-order chi connectivity index (χ1) is 10.1. The molecule has 3 rings (SSSR count). The van der Waals surface area contributed by atoms with Gasteiger partial charge in [0, 0.05) is 18.8 Å². The van der Waals surface area contributed by atoms with Crippen molar-refractivity contribution in [1.29, 1.82) is 0 Å². The standard InChI is InChI=1S/C14H19N5O2/c1-17(10-13(20)15-11-5-6-11)8-9-19-14(21)18-7-3-2-4-12(18)16-19/h2-4,7,11H,5-6,8-10H2,1H3,(H,15,20). The van der Waals surface area contributed by atoms with Crippen molar-refractivity contribution in [3.05, 3.63) is 34.9 Å². The highest BCUT2D eigenvalue weighted by atomic mass is 16.2. The fourth-order valence-corrected chi connectivity index (χ4v) is 2.20. The second-order valence-electron chi connectivity index (χ2n) is 5.51. The Balaban J connectivity index is 1.56. The van der Waals surface area contributed by atoms with Crippen molar-refractivity contribution in [3.8, 4) is 0 Å². The summed E-state index contributed by atoms with van der Waals surface area (Å²) in [5.74, 6) is 0.0438. The molecule has 1 N–H and O–H groups in total. The first-order valence-corrected chi connectivity index (χ1v) is 7.15. The highest BCUT2D eigenvalue weighted by molar-refractivity contribution is 5.78. The average molecular weight is 289 g/mol. The van der Waals surface area contributed by atoms with Gasteiger partial charge < -0.3 is 5.32 Å². The Morgan fingerprint density at radius 1 is 1.48 bits per heavy atom. The third kappa shape index (κ3) is 3.30. The maximum Gasteiger partial charge on any atom is 0.350 e. The number of amides is 1. The number of rotatable bonds is 6. The van der Waals surface area contributed by atoms with Crippen LogP contribution in [-0.4, -0.2) is 51.2 Å². The molecule has 0 bridgehead atoms. The first-order valence-electron chi connectivity index (χ1n) is 7.15. The molecule has 7 heteroatoms. The Kier molecular flexibility index (Phi) is 3.74. The van der Waals surface area contributed by atoms with E-state index in [1.54, 1.807) is 18.3 Å². The first kappa shape index (κ1) is 13.8. The van der Waals surface area contributed by atoms with Crippen LogP contribution in [0.15, 0.2) is 29.2 Å². The van der Waals surface area contributed by atoms with Crippen LogP contribution in [0.4, 0.5) is 0 Å². The second kappa shape index (κ2) is 5.69. The van der Waals surface area contributed by atoms with E-state index in [2.05, 4.69) is 10.4 Å². The normalized spacial score (nSPS) is 14.8. The van der Waals surface area contributed by atoms with Gasteiger partial charge in [0.15, 0.2) is 5.65 Å². The van der Waals surface area contributed by atoms with Gasteiger partial charge in [0.25, 0.3) is 0 Å². The molecule has 0 aromatic carbocycles. The van der Waals surface area contributed by atoms with Gasteiger partial charge >= 0.3 is 5.69 Å². The zero-order valence-electron chi connectivity index (χ0n) is 12.0. The summed E-state index contributed by atoms with van der Waals surface area (Å²) in [6.07, 6.45) is 3.88. The molecule has 0 saturated heterocycles. The van der Waals surface area contributed by atoms with Gasteiger partial charge in [-0.3, -0.25) is 14.1 Å². The van der Waals surface area contributed by atoms with Crippen molar-refractivity contribution in [2.45, 2.75) is 25.4 Å². The van der Waals surface area contributed by atoms with Gasteiger partial charge in [-0.15, -0.1) is 5.10 Å². The number of likely N-dealkylation sites (N-methyl/N-ethyl adjacent to an activating group) is 1. The van der Waals surface area contributed by atoms with Crippen LogP contribution in [0.5, 0.6) is 0 Å². The summed E-state index contributed by atoms with van der Waals surface area (Å²) in [4.78, 5) is 25.7. The molecule has 0 radical (unpaired) electrons. The maximum absolute atomic E-state index is 12.1. The van der Waals surface area contributed by atoms with E-state index in [0.717, 1.165) is 12.8 Å². The van der Waals surface area contributed by atoms with E-state index >= 15 is 0 Å². The van der Waals surface area contributed by atoms with E-state index in [0.29, 0.717) is 31.3 Å². The van der Waals surface area contributed by atoms with Gasteiger partial charge in [-0.1, -0.05) is 6.07 Å². The zero-order valence-corrected chi connectivity index (χ0v) is 12.0. The Morgan fingerprint density at radius 2 is 2.29 bits per heavy atom. The number of aromatic nitrogens is 3. The molecule has 0 spiro atoms. The molecular formula is C14H19N5O2. The lowest BCUT2D eigenvalue weighted by atomic mass is 10.4. The van der Waals surface area contributed by atoms with E-state index in [4.69, 9.17) is 0 Å². The number of hydrogen-bond acceptors (Lipinski definition) is 4. The lowest BCUT2D eigenvalue weighted by molar-refractivity contribution is -0.122. The van der Waals surface area contributed by atoms with Gasteiger partial charge in [0.2, 0.25) is 5.91 Å².